The minimum atomic E-state index is 0.407. The zero-order valence-corrected chi connectivity index (χ0v) is 15.6. The molecule has 2 aliphatic rings. The highest BCUT2D eigenvalue weighted by molar-refractivity contribution is 5.38. The maximum Gasteiger partial charge on any atom is 0.125 e. The average molecular weight is 341 g/mol. The van der Waals surface area contributed by atoms with E-state index in [4.69, 9.17) is 4.74 Å². The fourth-order valence-electron chi connectivity index (χ4n) is 3.69. The summed E-state index contributed by atoms with van der Waals surface area (Å²) < 4.78 is 5.24. The van der Waals surface area contributed by atoms with Gasteiger partial charge in [0.25, 0.3) is 0 Å². The number of anilines is 1. The van der Waals surface area contributed by atoms with Crippen LogP contribution < -0.4 is 5.32 Å². The SMILES string of the molecule is COC1=CCC(c2ccc(NCCCC3CCN(C)CC3)nc2)C=C1. The van der Waals surface area contributed by atoms with E-state index in [0.29, 0.717) is 5.92 Å². The molecule has 1 atom stereocenters. The van der Waals surface area contributed by atoms with Crippen molar-refractivity contribution in [3.05, 3.63) is 47.9 Å². The van der Waals surface area contributed by atoms with Gasteiger partial charge in [0, 0.05) is 18.7 Å². The van der Waals surface area contributed by atoms with Crippen LogP contribution in [0, 0.1) is 5.92 Å². The largest absolute Gasteiger partial charge is 0.497 e. The predicted octanol–water partition coefficient (Wildman–Crippen LogP) is 4.19. The minimum absolute atomic E-state index is 0.407. The van der Waals surface area contributed by atoms with Gasteiger partial charge in [-0.15, -0.1) is 0 Å². The molecular formula is C21H31N3O. The van der Waals surface area contributed by atoms with Crippen molar-refractivity contribution in [2.24, 2.45) is 5.92 Å². The third-order valence-electron chi connectivity index (χ3n) is 5.45. The molecule has 25 heavy (non-hydrogen) atoms. The van der Waals surface area contributed by atoms with Crippen LogP contribution in [0.5, 0.6) is 0 Å². The van der Waals surface area contributed by atoms with Crippen LogP contribution in [0.3, 0.4) is 0 Å². The first-order valence-electron chi connectivity index (χ1n) is 9.55. The topological polar surface area (TPSA) is 37.4 Å². The lowest BCUT2D eigenvalue weighted by Gasteiger charge is -2.28. The van der Waals surface area contributed by atoms with Gasteiger partial charge in [-0.3, -0.25) is 0 Å². The number of piperidine rings is 1. The molecule has 0 radical (unpaired) electrons. The van der Waals surface area contributed by atoms with E-state index in [2.05, 4.69) is 46.5 Å². The molecule has 1 aliphatic heterocycles. The first-order chi connectivity index (χ1) is 12.2. The van der Waals surface area contributed by atoms with Gasteiger partial charge in [0.2, 0.25) is 0 Å². The molecule has 3 rings (SSSR count). The Morgan fingerprint density at radius 2 is 2.12 bits per heavy atom. The van der Waals surface area contributed by atoms with Gasteiger partial charge in [0.1, 0.15) is 11.6 Å². The third-order valence-corrected chi connectivity index (χ3v) is 5.45. The summed E-state index contributed by atoms with van der Waals surface area (Å²) in [6.45, 7) is 3.54. The number of nitrogens with zero attached hydrogens (tertiary/aromatic N) is 2. The Hall–Kier alpha value is -1.81. The maximum absolute atomic E-state index is 5.24. The molecular weight excluding hydrogens is 310 g/mol. The lowest BCUT2D eigenvalue weighted by molar-refractivity contribution is 0.211. The Morgan fingerprint density at radius 3 is 2.76 bits per heavy atom. The number of pyridine rings is 1. The molecule has 1 aliphatic carbocycles. The monoisotopic (exact) mass is 341 g/mol. The zero-order chi connectivity index (χ0) is 17.5. The number of likely N-dealkylation sites (tertiary alicyclic amines) is 1. The number of hydrogen-bond acceptors (Lipinski definition) is 4. The first kappa shape index (κ1) is 18.0. The number of hydrogen-bond donors (Lipinski definition) is 1. The standard InChI is InChI=1S/C21H31N3O/c1-24-14-11-17(12-15-24)4-3-13-22-21-10-7-19(16-23-21)18-5-8-20(25-2)9-6-18/h5,7-10,16-18H,3-4,6,11-15H2,1-2H3,(H,22,23). The molecule has 136 valence electrons. The number of allylic oxidation sites excluding steroid dienone is 3. The molecule has 1 saturated heterocycles. The van der Waals surface area contributed by atoms with Crippen molar-refractivity contribution in [1.29, 1.82) is 0 Å². The summed E-state index contributed by atoms with van der Waals surface area (Å²) in [4.78, 5) is 7.02. The minimum Gasteiger partial charge on any atom is -0.497 e. The normalized spacial score (nSPS) is 21.8. The molecule has 0 saturated carbocycles. The van der Waals surface area contributed by atoms with Gasteiger partial charge >= 0.3 is 0 Å². The zero-order valence-electron chi connectivity index (χ0n) is 15.6. The molecule has 4 heteroatoms. The highest BCUT2D eigenvalue weighted by atomic mass is 16.5. The molecule has 1 aromatic rings. The summed E-state index contributed by atoms with van der Waals surface area (Å²) in [5, 5.41) is 3.47. The molecule has 0 aromatic carbocycles. The highest BCUT2D eigenvalue weighted by Crippen LogP contribution is 2.27. The van der Waals surface area contributed by atoms with Gasteiger partial charge in [-0.1, -0.05) is 12.1 Å². The molecule has 1 N–H and O–H groups in total. The summed E-state index contributed by atoms with van der Waals surface area (Å²) >= 11 is 0. The molecule has 2 heterocycles. The quantitative estimate of drug-likeness (QED) is 0.755. The summed E-state index contributed by atoms with van der Waals surface area (Å²) in [6, 6.07) is 4.29. The summed E-state index contributed by atoms with van der Waals surface area (Å²) in [6.07, 6.45) is 14.6. The van der Waals surface area contributed by atoms with E-state index < -0.39 is 0 Å². The first-order valence-corrected chi connectivity index (χ1v) is 9.55. The van der Waals surface area contributed by atoms with E-state index in [1.165, 1.54) is 44.3 Å². The third kappa shape index (κ3) is 5.33. The summed E-state index contributed by atoms with van der Waals surface area (Å²) in [7, 11) is 3.94. The van der Waals surface area contributed by atoms with Crippen LogP contribution in [0.1, 0.15) is 43.6 Å². The number of methoxy groups -OCH3 is 1. The van der Waals surface area contributed by atoms with Crippen molar-refractivity contribution in [3.8, 4) is 0 Å². The smallest absolute Gasteiger partial charge is 0.125 e. The molecule has 4 nitrogen and oxygen atoms in total. The van der Waals surface area contributed by atoms with Crippen LogP contribution in [0.25, 0.3) is 0 Å². The lowest BCUT2D eigenvalue weighted by atomic mass is 9.92. The Bertz CT molecular complexity index is 586. The van der Waals surface area contributed by atoms with Gasteiger partial charge in [-0.25, -0.2) is 4.98 Å². The van der Waals surface area contributed by atoms with Gasteiger partial charge in [-0.05, 0) is 81.9 Å². The Kier molecular flexibility index (Phi) is 6.51. The predicted molar refractivity (Wildman–Crippen MR) is 104 cm³/mol. The van der Waals surface area contributed by atoms with Crippen molar-refractivity contribution >= 4 is 5.82 Å². The highest BCUT2D eigenvalue weighted by Gasteiger charge is 2.16. The van der Waals surface area contributed by atoms with Crippen LogP contribution in [0.4, 0.5) is 5.82 Å². The van der Waals surface area contributed by atoms with E-state index in [0.717, 1.165) is 30.5 Å². The van der Waals surface area contributed by atoms with Crippen molar-refractivity contribution in [2.75, 3.05) is 39.1 Å². The second-order valence-electron chi connectivity index (χ2n) is 7.30. The Balaban J connectivity index is 1.38. The molecule has 0 bridgehead atoms. The lowest BCUT2D eigenvalue weighted by Crippen LogP contribution is -2.30. The Morgan fingerprint density at radius 1 is 1.28 bits per heavy atom. The van der Waals surface area contributed by atoms with E-state index >= 15 is 0 Å². The molecule has 1 fully saturated rings. The average Bonchev–Trinajstić information content (AvgIpc) is 2.67. The molecule has 1 aromatic heterocycles. The summed E-state index contributed by atoms with van der Waals surface area (Å²) in [5.41, 5.74) is 1.26. The second kappa shape index (κ2) is 9.04. The van der Waals surface area contributed by atoms with Crippen molar-refractivity contribution in [2.45, 2.75) is 38.0 Å². The van der Waals surface area contributed by atoms with Crippen LogP contribution in [-0.4, -0.2) is 43.7 Å². The van der Waals surface area contributed by atoms with Gasteiger partial charge in [0.05, 0.1) is 7.11 Å². The molecule has 1 unspecified atom stereocenters. The number of nitrogens with one attached hydrogen (secondary N) is 1. The number of ether oxygens (including phenoxy) is 1. The van der Waals surface area contributed by atoms with E-state index in [-0.39, 0.29) is 0 Å². The van der Waals surface area contributed by atoms with E-state index in [1.807, 2.05) is 12.3 Å². The van der Waals surface area contributed by atoms with Crippen molar-refractivity contribution in [3.63, 3.8) is 0 Å². The van der Waals surface area contributed by atoms with Gasteiger partial charge in [-0.2, -0.15) is 0 Å². The summed E-state index contributed by atoms with van der Waals surface area (Å²) in [5.74, 6) is 3.26. The van der Waals surface area contributed by atoms with Gasteiger partial charge in [0.15, 0.2) is 0 Å². The van der Waals surface area contributed by atoms with E-state index in [1.54, 1.807) is 7.11 Å². The van der Waals surface area contributed by atoms with Crippen LogP contribution in [0.2, 0.25) is 0 Å². The second-order valence-corrected chi connectivity index (χ2v) is 7.30. The van der Waals surface area contributed by atoms with Crippen LogP contribution in [0.15, 0.2) is 42.3 Å². The maximum atomic E-state index is 5.24. The molecule has 0 amide bonds. The van der Waals surface area contributed by atoms with E-state index in [9.17, 15) is 0 Å². The molecule has 0 spiro atoms. The Labute approximate surface area is 152 Å². The van der Waals surface area contributed by atoms with Crippen LogP contribution >= 0.6 is 0 Å². The number of aromatic nitrogens is 1. The fourth-order valence-corrected chi connectivity index (χ4v) is 3.69. The van der Waals surface area contributed by atoms with Crippen molar-refractivity contribution < 1.29 is 4.74 Å². The fraction of sp³-hybridized carbons (Fsp3) is 0.571. The number of rotatable bonds is 7. The van der Waals surface area contributed by atoms with Gasteiger partial charge < -0.3 is 15.0 Å². The van der Waals surface area contributed by atoms with Crippen molar-refractivity contribution in [1.82, 2.24) is 9.88 Å². The van der Waals surface area contributed by atoms with Crippen LogP contribution in [-0.2, 0) is 4.74 Å².